The van der Waals surface area contributed by atoms with Crippen LogP contribution in [0.5, 0.6) is 0 Å². The third kappa shape index (κ3) is 6.39. The lowest BCUT2D eigenvalue weighted by atomic mass is 10.1. The highest BCUT2D eigenvalue weighted by Gasteiger charge is 2.12. The molecule has 1 aromatic carbocycles. The van der Waals surface area contributed by atoms with Gasteiger partial charge in [0.15, 0.2) is 5.78 Å². The van der Waals surface area contributed by atoms with E-state index >= 15 is 0 Å². The van der Waals surface area contributed by atoms with Crippen LogP contribution in [0.3, 0.4) is 0 Å². The number of Topliss-reactive ketones (excluding diaryl/α,β-unsaturated/α-hetero) is 1. The number of carbonyl (C=O) groups excluding carboxylic acids is 1. The Kier molecular flexibility index (Phi) is 6.27. The first-order valence-corrected chi connectivity index (χ1v) is 6.75. The number of ether oxygens (including phenoxy) is 2. The molecule has 0 heterocycles. The van der Waals surface area contributed by atoms with Gasteiger partial charge in [0.25, 0.3) is 0 Å². The number of hydrogen-bond donors (Lipinski definition) is 0. The lowest BCUT2D eigenvalue weighted by Crippen LogP contribution is -2.22. The van der Waals surface area contributed by atoms with Gasteiger partial charge in [-0.15, -0.1) is 0 Å². The van der Waals surface area contributed by atoms with Crippen LogP contribution in [0.15, 0.2) is 18.2 Å². The summed E-state index contributed by atoms with van der Waals surface area (Å²) in [6, 6.07) is 4.77. The van der Waals surface area contributed by atoms with E-state index in [1.54, 1.807) is 18.2 Å². The second-order valence-electron chi connectivity index (χ2n) is 5.06. The van der Waals surface area contributed by atoms with Crippen molar-refractivity contribution in [2.24, 2.45) is 0 Å². The maximum atomic E-state index is 11.8. The Morgan fingerprint density at radius 2 is 1.89 bits per heavy atom. The Morgan fingerprint density at radius 1 is 1.21 bits per heavy atom. The number of rotatable bonds is 6. The molecule has 0 radical (unpaired) electrons. The van der Waals surface area contributed by atoms with Crippen LogP contribution in [0.4, 0.5) is 0 Å². The SMILES string of the molecule is CC(C)(C)OCCOCC(=O)c1ccc(Cl)cc1Cl. The highest BCUT2D eigenvalue weighted by atomic mass is 35.5. The van der Waals surface area contributed by atoms with Gasteiger partial charge < -0.3 is 9.47 Å². The van der Waals surface area contributed by atoms with Crippen LogP contribution in [0.25, 0.3) is 0 Å². The van der Waals surface area contributed by atoms with Crippen molar-refractivity contribution in [3.05, 3.63) is 33.8 Å². The van der Waals surface area contributed by atoms with Gasteiger partial charge in [-0.3, -0.25) is 4.79 Å². The second-order valence-corrected chi connectivity index (χ2v) is 5.90. The average molecular weight is 305 g/mol. The monoisotopic (exact) mass is 304 g/mol. The van der Waals surface area contributed by atoms with Crippen LogP contribution in [0, 0.1) is 0 Å². The fourth-order valence-electron chi connectivity index (χ4n) is 1.37. The Balaban J connectivity index is 2.36. The molecule has 0 saturated carbocycles. The van der Waals surface area contributed by atoms with Crippen molar-refractivity contribution >= 4 is 29.0 Å². The summed E-state index contributed by atoms with van der Waals surface area (Å²) in [5.41, 5.74) is 0.218. The molecule has 0 saturated heterocycles. The zero-order chi connectivity index (χ0) is 14.5. The molecular weight excluding hydrogens is 287 g/mol. The molecule has 0 unspecified atom stereocenters. The van der Waals surface area contributed by atoms with Crippen molar-refractivity contribution in [2.45, 2.75) is 26.4 Å². The van der Waals surface area contributed by atoms with Crippen LogP contribution >= 0.6 is 23.2 Å². The molecule has 19 heavy (non-hydrogen) atoms. The molecule has 0 bridgehead atoms. The van der Waals surface area contributed by atoms with Crippen molar-refractivity contribution in [1.82, 2.24) is 0 Å². The molecule has 0 spiro atoms. The van der Waals surface area contributed by atoms with E-state index in [9.17, 15) is 4.79 Å². The van der Waals surface area contributed by atoms with Gasteiger partial charge in [-0.05, 0) is 39.0 Å². The predicted molar refractivity (Wildman–Crippen MR) is 77.3 cm³/mol. The Labute approximate surface area is 123 Å². The van der Waals surface area contributed by atoms with Crippen LogP contribution in [0.1, 0.15) is 31.1 Å². The van der Waals surface area contributed by atoms with Crippen molar-refractivity contribution in [3.63, 3.8) is 0 Å². The summed E-state index contributed by atoms with van der Waals surface area (Å²) >= 11 is 11.7. The van der Waals surface area contributed by atoms with Crippen molar-refractivity contribution in [1.29, 1.82) is 0 Å². The highest BCUT2D eigenvalue weighted by molar-refractivity contribution is 6.36. The average Bonchev–Trinajstić information content (AvgIpc) is 2.26. The standard InChI is InChI=1S/C14H18Cl2O3/c1-14(2,3)19-7-6-18-9-13(17)11-5-4-10(15)8-12(11)16/h4-5,8H,6-7,9H2,1-3H3. The molecular formula is C14H18Cl2O3. The number of halogens is 2. The number of ketones is 1. The number of hydrogen-bond acceptors (Lipinski definition) is 3. The Bertz CT molecular complexity index is 439. The first-order valence-electron chi connectivity index (χ1n) is 5.99. The van der Waals surface area contributed by atoms with Gasteiger partial charge in [0.1, 0.15) is 6.61 Å². The molecule has 0 aliphatic rings. The minimum absolute atomic E-state index is 0.0190. The lowest BCUT2D eigenvalue weighted by Gasteiger charge is -2.19. The van der Waals surface area contributed by atoms with Gasteiger partial charge in [0.2, 0.25) is 0 Å². The molecule has 5 heteroatoms. The zero-order valence-corrected chi connectivity index (χ0v) is 12.8. The minimum atomic E-state index is -0.202. The summed E-state index contributed by atoms with van der Waals surface area (Å²) in [5, 5.41) is 0.841. The quantitative estimate of drug-likeness (QED) is 0.588. The number of carbonyl (C=O) groups is 1. The molecule has 0 aliphatic heterocycles. The maximum Gasteiger partial charge on any atom is 0.189 e. The predicted octanol–water partition coefficient (Wildman–Crippen LogP) is 4.01. The largest absolute Gasteiger partial charge is 0.373 e. The summed E-state index contributed by atoms with van der Waals surface area (Å²) in [7, 11) is 0. The van der Waals surface area contributed by atoms with Crippen LogP contribution in [0.2, 0.25) is 10.0 Å². The van der Waals surface area contributed by atoms with Crippen molar-refractivity contribution in [2.75, 3.05) is 19.8 Å². The second kappa shape index (κ2) is 7.25. The molecule has 1 aromatic rings. The fraction of sp³-hybridized carbons (Fsp3) is 0.500. The van der Waals surface area contributed by atoms with Crippen molar-refractivity contribution in [3.8, 4) is 0 Å². The molecule has 3 nitrogen and oxygen atoms in total. The first-order chi connectivity index (χ1) is 8.79. The summed E-state index contributed by atoms with van der Waals surface area (Å²) in [6.07, 6.45) is 0. The minimum Gasteiger partial charge on any atom is -0.373 e. The third-order valence-corrected chi connectivity index (χ3v) is 2.78. The molecule has 0 aromatic heterocycles. The molecule has 0 atom stereocenters. The van der Waals surface area contributed by atoms with Gasteiger partial charge in [-0.25, -0.2) is 0 Å². The fourth-order valence-corrected chi connectivity index (χ4v) is 1.88. The third-order valence-electron chi connectivity index (χ3n) is 2.23. The topological polar surface area (TPSA) is 35.5 Å². The normalized spacial score (nSPS) is 11.6. The Morgan fingerprint density at radius 3 is 2.47 bits per heavy atom. The Hall–Kier alpha value is -0.610. The summed E-state index contributed by atoms with van der Waals surface area (Å²) in [5.74, 6) is -0.169. The summed E-state index contributed by atoms with van der Waals surface area (Å²) in [6.45, 7) is 6.69. The zero-order valence-electron chi connectivity index (χ0n) is 11.3. The van der Waals surface area contributed by atoms with Crippen LogP contribution < -0.4 is 0 Å². The van der Waals surface area contributed by atoms with Gasteiger partial charge in [0.05, 0.1) is 23.8 Å². The smallest absolute Gasteiger partial charge is 0.189 e. The van der Waals surface area contributed by atoms with E-state index in [2.05, 4.69) is 0 Å². The molecule has 0 amide bonds. The van der Waals surface area contributed by atoms with Crippen molar-refractivity contribution < 1.29 is 14.3 Å². The van der Waals surface area contributed by atoms with Gasteiger partial charge in [-0.2, -0.15) is 0 Å². The lowest BCUT2D eigenvalue weighted by molar-refractivity contribution is -0.0324. The van der Waals surface area contributed by atoms with E-state index in [1.807, 2.05) is 20.8 Å². The van der Waals surface area contributed by atoms with Crippen LogP contribution in [-0.4, -0.2) is 31.2 Å². The first kappa shape index (κ1) is 16.4. The molecule has 0 aliphatic carbocycles. The maximum absolute atomic E-state index is 11.8. The number of benzene rings is 1. The van der Waals surface area contributed by atoms with E-state index in [1.165, 1.54) is 0 Å². The molecule has 0 fully saturated rings. The summed E-state index contributed by atoms with van der Waals surface area (Å²) < 4.78 is 10.7. The van der Waals surface area contributed by atoms with Gasteiger partial charge in [0, 0.05) is 10.6 Å². The van der Waals surface area contributed by atoms with Gasteiger partial charge >= 0.3 is 0 Å². The molecule has 1 rings (SSSR count). The van der Waals surface area contributed by atoms with E-state index in [0.717, 1.165) is 0 Å². The van der Waals surface area contributed by atoms with E-state index in [-0.39, 0.29) is 18.0 Å². The van der Waals surface area contributed by atoms with Crippen LogP contribution in [-0.2, 0) is 9.47 Å². The van der Waals surface area contributed by atoms with E-state index < -0.39 is 0 Å². The molecule has 0 N–H and O–H groups in total. The van der Waals surface area contributed by atoms with E-state index in [0.29, 0.717) is 28.8 Å². The molecule has 106 valence electrons. The van der Waals surface area contributed by atoms with E-state index in [4.69, 9.17) is 32.7 Å². The summed E-state index contributed by atoms with van der Waals surface area (Å²) in [4.78, 5) is 11.8. The highest BCUT2D eigenvalue weighted by Crippen LogP contribution is 2.21. The van der Waals surface area contributed by atoms with Gasteiger partial charge in [-0.1, -0.05) is 23.2 Å².